The Hall–Kier alpha value is -3.20. The molecule has 0 fully saturated rings. The third-order valence-electron chi connectivity index (χ3n) is 3.28. The maximum Gasteiger partial charge on any atom is 0.328 e. The van der Waals surface area contributed by atoms with E-state index in [0.717, 1.165) is 0 Å². The number of esters is 1. The molecule has 1 aromatic heterocycles. The minimum atomic E-state index is -0.887. The van der Waals surface area contributed by atoms with Gasteiger partial charge in [-0.3, -0.25) is 9.78 Å². The number of methoxy groups -OCH3 is 1. The molecule has 2 rings (SSSR count). The zero-order valence-electron chi connectivity index (χ0n) is 12.5. The van der Waals surface area contributed by atoms with Crippen molar-refractivity contribution in [3.05, 3.63) is 65.5 Å². The third kappa shape index (κ3) is 4.14. The quantitative estimate of drug-likeness (QED) is 0.844. The van der Waals surface area contributed by atoms with Gasteiger partial charge >= 0.3 is 5.97 Å². The highest BCUT2D eigenvalue weighted by atomic mass is 16.5. The van der Waals surface area contributed by atoms with E-state index in [1.54, 1.807) is 42.6 Å². The van der Waals surface area contributed by atoms with Gasteiger partial charge in [0.2, 0.25) is 0 Å². The molecule has 0 radical (unpaired) electrons. The predicted molar refractivity (Wildman–Crippen MR) is 82.4 cm³/mol. The smallest absolute Gasteiger partial charge is 0.328 e. The molecule has 1 amide bonds. The summed E-state index contributed by atoms with van der Waals surface area (Å²) >= 11 is 0. The van der Waals surface area contributed by atoms with Gasteiger partial charge in [0.15, 0.2) is 0 Å². The fourth-order valence-corrected chi connectivity index (χ4v) is 2.10. The second kappa shape index (κ2) is 7.71. The van der Waals surface area contributed by atoms with Crippen molar-refractivity contribution in [3.8, 4) is 6.07 Å². The number of aromatic nitrogens is 1. The van der Waals surface area contributed by atoms with E-state index in [0.29, 0.717) is 16.7 Å². The first-order valence-corrected chi connectivity index (χ1v) is 6.92. The molecule has 0 aliphatic heterocycles. The Kier molecular flexibility index (Phi) is 5.42. The molecule has 6 heteroatoms. The van der Waals surface area contributed by atoms with E-state index in [1.807, 2.05) is 0 Å². The van der Waals surface area contributed by atoms with Crippen LogP contribution in [0.25, 0.3) is 0 Å². The van der Waals surface area contributed by atoms with Gasteiger partial charge in [0, 0.05) is 18.8 Å². The molecule has 1 N–H and O–H groups in total. The molecule has 0 aliphatic rings. The van der Waals surface area contributed by atoms with Gasteiger partial charge in [0.05, 0.1) is 24.3 Å². The summed E-state index contributed by atoms with van der Waals surface area (Å²) in [7, 11) is 1.25. The summed E-state index contributed by atoms with van der Waals surface area (Å²) in [5, 5.41) is 11.7. The van der Waals surface area contributed by atoms with Crippen molar-refractivity contribution in [1.29, 1.82) is 5.26 Å². The van der Waals surface area contributed by atoms with E-state index in [2.05, 4.69) is 16.4 Å². The highest BCUT2D eigenvalue weighted by molar-refractivity contribution is 5.96. The molecule has 0 unspecified atom stereocenters. The van der Waals surface area contributed by atoms with E-state index in [-0.39, 0.29) is 6.42 Å². The molecule has 1 heterocycles. The number of hydrogen-bond donors (Lipinski definition) is 1. The van der Waals surface area contributed by atoms with Crippen LogP contribution in [0.3, 0.4) is 0 Å². The zero-order valence-corrected chi connectivity index (χ0v) is 12.5. The summed E-state index contributed by atoms with van der Waals surface area (Å²) in [6.45, 7) is 0. The normalized spacial score (nSPS) is 11.1. The number of ether oxygens (including phenoxy) is 1. The molecular formula is C17H15N3O3. The lowest BCUT2D eigenvalue weighted by atomic mass is 10.0. The first kappa shape index (κ1) is 16.2. The monoisotopic (exact) mass is 309 g/mol. The number of nitrogens with one attached hydrogen (secondary N) is 1. The van der Waals surface area contributed by atoms with Gasteiger partial charge in [0.25, 0.3) is 5.91 Å². The number of benzene rings is 1. The second-order valence-corrected chi connectivity index (χ2v) is 4.76. The Morgan fingerprint density at radius 2 is 2.09 bits per heavy atom. The Morgan fingerprint density at radius 1 is 1.30 bits per heavy atom. The molecule has 116 valence electrons. The average molecular weight is 309 g/mol. The first-order chi connectivity index (χ1) is 11.2. The van der Waals surface area contributed by atoms with E-state index in [4.69, 9.17) is 10.00 Å². The SMILES string of the molecule is COC(=O)[C@@H](Cc1ccccc1C#N)NC(=O)c1cccnc1. The van der Waals surface area contributed by atoms with Crippen LogP contribution in [0.1, 0.15) is 21.5 Å². The van der Waals surface area contributed by atoms with Gasteiger partial charge in [-0.15, -0.1) is 0 Å². The van der Waals surface area contributed by atoms with Crippen LogP contribution >= 0.6 is 0 Å². The molecule has 0 saturated heterocycles. The maximum absolute atomic E-state index is 12.2. The average Bonchev–Trinajstić information content (AvgIpc) is 2.61. The largest absolute Gasteiger partial charge is 0.467 e. The number of nitriles is 1. The fourth-order valence-electron chi connectivity index (χ4n) is 2.10. The van der Waals surface area contributed by atoms with Gasteiger partial charge in [-0.1, -0.05) is 18.2 Å². The van der Waals surface area contributed by atoms with Crippen LogP contribution in [-0.2, 0) is 16.0 Å². The van der Waals surface area contributed by atoms with E-state index in [9.17, 15) is 9.59 Å². The number of rotatable bonds is 5. The van der Waals surface area contributed by atoms with E-state index < -0.39 is 17.9 Å². The van der Waals surface area contributed by atoms with Crippen molar-refractivity contribution in [2.45, 2.75) is 12.5 Å². The summed E-state index contributed by atoms with van der Waals surface area (Å²) in [5.74, 6) is -1.00. The number of carbonyl (C=O) groups excluding carboxylic acids is 2. The lowest BCUT2D eigenvalue weighted by Crippen LogP contribution is -2.43. The molecule has 1 atom stereocenters. The minimum Gasteiger partial charge on any atom is -0.467 e. The van der Waals surface area contributed by atoms with Crippen molar-refractivity contribution in [3.63, 3.8) is 0 Å². The molecule has 0 saturated carbocycles. The Morgan fingerprint density at radius 3 is 2.74 bits per heavy atom. The van der Waals surface area contributed by atoms with Gasteiger partial charge < -0.3 is 10.1 Å². The molecule has 1 aromatic carbocycles. The summed E-state index contributed by atoms with van der Waals surface area (Å²) in [5.41, 5.74) is 1.46. The van der Waals surface area contributed by atoms with Crippen LogP contribution in [0.2, 0.25) is 0 Å². The molecule has 2 aromatic rings. The van der Waals surface area contributed by atoms with E-state index >= 15 is 0 Å². The number of nitrogens with zero attached hydrogens (tertiary/aromatic N) is 2. The summed E-state index contributed by atoms with van der Waals surface area (Å²) in [4.78, 5) is 28.0. The van der Waals surface area contributed by atoms with Gasteiger partial charge in [-0.2, -0.15) is 5.26 Å². The molecule has 0 spiro atoms. The zero-order chi connectivity index (χ0) is 16.7. The van der Waals surface area contributed by atoms with Crippen LogP contribution < -0.4 is 5.32 Å². The fraction of sp³-hybridized carbons (Fsp3) is 0.176. The Balaban J connectivity index is 2.20. The van der Waals surface area contributed by atoms with E-state index in [1.165, 1.54) is 13.3 Å². The summed E-state index contributed by atoms with van der Waals surface area (Å²) in [6.07, 6.45) is 3.13. The standard InChI is InChI=1S/C17H15N3O3/c1-23-17(22)15(9-12-5-2-3-6-13(12)10-18)20-16(21)14-7-4-8-19-11-14/h2-8,11,15H,9H2,1H3,(H,20,21)/t15-/m1/s1. The number of hydrogen-bond acceptors (Lipinski definition) is 5. The molecular weight excluding hydrogens is 294 g/mol. The van der Waals surface area contributed by atoms with Crippen LogP contribution in [0.15, 0.2) is 48.8 Å². The molecule has 0 bridgehead atoms. The maximum atomic E-state index is 12.2. The van der Waals surface area contributed by atoms with Gasteiger partial charge in [-0.25, -0.2) is 4.79 Å². The van der Waals surface area contributed by atoms with Gasteiger partial charge in [0.1, 0.15) is 6.04 Å². The lowest BCUT2D eigenvalue weighted by Gasteiger charge is -2.17. The Labute approximate surface area is 133 Å². The Bertz CT molecular complexity index is 738. The molecule has 6 nitrogen and oxygen atoms in total. The number of amides is 1. The van der Waals surface area contributed by atoms with Crippen LogP contribution in [0.5, 0.6) is 0 Å². The van der Waals surface area contributed by atoms with Crippen LogP contribution in [0.4, 0.5) is 0 Å². The summed E-state index contributed by atoms with van der Waals surface area (Å²) in [6, 6.07) is 11.3. The van der Waals surface area contributed by atoms with Crippen molar-refractivity contribution in [2.24, 2.45) is 0 Å². The highest BCUT2D eigenvalue weighted by Gasteiger charge is 2.23. The highest BCUT2D eigenvalue weighted by Crippen LogP contribution is 2.11. The molecule has 23 heavy (non-hydrogen) atoms. The first-order valence-electron chi connectivity index (χ1n) is 6.92. The van der Waals surface area contributed by atoms with Crippen molar-refractivity contribution < 1.29 is 14.3 Å². The predicted octanol–water partition coefficient (Wildman–Crippen LogP) is 1.47. The van der Waals surface area contributed by atoms with Crippen molar-refractivity contribution in [1.82, 2.24) is 10.3 Å². The minimum absolute atomic E-state index is 0.169. The van der Waals surface area contributed by atoms with Crippen molar-refractivity contribution in [2.75, 3.05) is 7.11 Å². The number of pyridine rings is 1. The third-order valence-corrected chi connectivity index (χ3v) is 3.28. The van der Waals surface area contributed by atoms with Gasteiger partial charge in [-0.05, 0) is 23.8 Å². The molecule has 0 aliphatic carbocycles. The lowest BCUT2D eigenvalue weighted by molar-refractivity contribution is -0.142. The topological polar surface area (TPSA) is 92.1 Å². The van der Waals surface area contributed by atoms with Crippen molar-refractivity contribution >= 4 is 11.9 Å². The number of carbonyl (C=O) groups is 2. The van der Waals surface area contributed by atoms with Crippen LogP contribution in [0, 0.1) is 11.3 Å². The second-order valence-electron chi connectivity index (χ2n) is 4.76. The van der Waals surface area contributed by atoms with Crippen LogP contribution in [-0.4, -0.2) is 30.0 Å². The summed E-state index contributed by atoms with van der Waals surface area (Å²) < 4.78 is 4.74.